The molecule has 1 aromatic heterocycles. The molecule has 2 aromatic rings. The van der Waals surface area contributed by atoms with Gasteiger partial charge >= 0.3 is 12.4 Å². The Kier molecular flexibility index (Phi) is 5.29. The molecular formula is C15H14F6N4O2. The lowest BCUT2D eigenvalue weighted by Crippen LogP contribution is -2.25. The Morgan fingerprint density at radius 2 is 1.74 bits per heavy atom. The molecule has 1 heterocycles. The van der Waals surface area contributed by atoms with E-state index < -0.39 is 55.0 Å². The van der Waals surface area contributed by atoms with Crippen molar-refractivity contribution in [3.63, 3.8) is 0 Å². The first kappa shape index (κ1) is 20.4. The maximum absolute atomic E-state index is 12.9. The molecule has 0 aliphatic rings. The molecule has 0 unspecified atom stereocenters. The molecule has 6 nitrogen and oxygen atoms in total. The summed E-state index contributed by atoms with van der Waals surface area (Å²) in [6, 6.07) is 2.27. The molecule has 1 amide bonds. The second kappa shape index (κ2) is 7.00. The molecule has 0 spiro atoms. The van der Waals surface area contributed by atoms with Crippen molar-refractivity contribution in [2.45, 2.75) is 31.7 Å². The number of aliphatic imine (C=N–C) groups is 1. The lowest BCUT2D eigenvalue weighted by Gasteiger charge is -2.11. The summed E-state index contributed by atoms with van der Waals surface area (Å²) in [5.41, 5.74) is 8.90. The summed E-state index contributed by atoms with van der Waals surface area (Å²) in [7, 11) is 0. The number of aromatic nitrogens is 1. The molecule has 148 valence electrons. The Morgan fingerprint density at radius 3 is 2.26 bits per heavy atom. The third-order valence-electron chi connectivity index (χ3n) is 3.67. The Hall–Kier alpha value is -2.92. The second-order valence-corrected chi connectivity index (χ2v) is 5.65. The van der Waals surface area contributed by atoms with E-state index in [9.17, 15) is 36.2 Å². The topological polar surface area (TPSA) is 107 Å². The summed E-state index contributed by atoms with van der Waals surface area (Å²) in [6.07, 6.45) is -11.3. The molecule has 12 heteroatoms. The maximum Gasteiger partial charge on any atom is 0.416 e. The minimum Gasteiger partial charge on any atom is -0.494 e. The summed E-state index contributed by atoms with van der Waals surface area (Å²) >= 11 is 0. The van der Waals surface area contributed by atoms with Crippen molar-refractivity contribution in [3.8, 4) is 5.88 Å². The molecule has 0 aliphatic heterocycles. The van der Waals surface area contributed by atoms with Crippen molar-refractivity contribution in [2.24, 2.45) is 16.5 Å². The number of halogens is 6. The highest BCUT2D eigenvalue weighted by atomic mass is 19.4. The summed E-state index contributed by atoms with van der Waals surface area (Å²) in [5.74, 6) is -2.32. The third kappa shape index (κ3) is 4.83. The van der Waals surface area contributed by atoms with Gasteiger partial charge in [-0.2, -0.15) is 31.3 Å². The van der Waals surface area contributed by atoms with E-state index in [-0.39, 0.29) is 16.5 Å². The fraction of sp³-hybridized carbons (Fsp3) is 0.333. The van der Waals surface area contributed by atoms with Gasteiger partial charge in [0.15, 0.2) is 11.8 Å². The average Bonchev–Trinajstić information content (AvgIpc) is 2.75. The average molecular weight is 396 g/mol. The zero-order valence-electron chi connectivity index (χ0n) is 13.5. The highest BCUT2D eigenvalue weighted by Crippen LogP contribution is 2.38. The van der Waals surface area contributed by atoms with Crippen LogP contribution in [0.3, 0.4) is 0 Å². The van der Waals surface area contributed by atoms with Crippen LogP contribution in [0.4, 0.5) is 26.3 Å². The van der Waals surface area contributed by atoms with E-state index in [2.05, 4.69) is 4.99 Å². The molecule has 27 heavy (non-hydrogen) atoms. The van der Waals surface area contributed by atoms with Gasteiger partial charge in [-0.25, -0.2) is 0 Å². The molecule has 2 rings (SSSR count). The van der Waals surface area contributed by atoms with Crippen LogP contribution in [0.15, 0.2) is 23.2 Å². The molecule has 0 radical (unpaired) electrons. The van der Waals surface area contributed by atoms with Crippen LogP contribution < -0.4 is 11.5 Å². The molecule has 0 saturated heterocycles. The maximum atomic E-state index is 12.9. The standard InChI is InChI=1S/C15H14F6N4O2/c16-14(17,18)3-4-25-10(6-11(26)24-13(22)23)8-2-1-7(15(19,20)21)5-9(8)12(25)27/h1-2,5,27H,3-4,6H2,(H4,22,23,24,26). The van der Waals surface area contributed by atoms with Gasteiger partial charge in [0.25, 0.3) is 5.91 Å². The first-order chi connectivity index (χ1) is 12.3. The lowest BCUT2D eigenvalue weighted by atomic mass is 10.1. The highest BCUT2D eigenvalue weighted by molar-refractivity contribution is 5.97. The van der Waals surface area contributed by atoms with Crippen LogP contribution in [0.2, 0.25) is 0 Å². The van der Waals surface area contributed by atoms with Crippen LogP contribution in [0, 0.1) is 0 Å². The zero-order chi connectivity index (χ0) is 20.6. The number of guanidine groups is 1. The first-order valence-corrected chi connectivity index (χ1v) is 7.40. The minimum absolute atomic E-state index is 0.0122. The predicted octanol–water partition coefficient (Wildman–Crippen LogP) is 2.66. The largest absolute Gasteiger partial charge is 0.494 e. The lowest BCUT2D eigenvalue weighted by molar-refractivity contribution is -0.138. The number of hydrogen-bond donors (Lipinski definition) is 3. The molecule has 5 N–H and O–H groups in total. The number of carbonyl (C=O) groups is 1. The van der Waals surface area contributed by atoms with Gasteiger partial charge in [-0.3, -0.25) is 4.79 Å². The third-order valence-corrected chi connectivity index (χ3v) is 3.67. The van der Waals surface area contributed by atoms with Gasteiger partial charge in [0, 0.05) is 23.0 Å². The number of nitrogens with zero attached hydrogens (tertiary/aromatic N) is 2. The van der Waals surface area contributed by atoms with Crippen molar-refractivity contribution in [1.82, 2.24) is 4.57 Å². The number of fused-ring (bicyclic) bond motifs is 1. The predicted molar refractivity (Wildman–Crippen MR) is 83.8 cm³/mol. The fourth-order valence-electron chi connectivity index (χ4n) is 2.57. The van der Waals surface area contributed by atoms with Crippen molar-refractivity contribution in [1.29, 1.82) is 0 Å². The van der Waals surface area contributed by atoms with Gasteiger partial charge in [-0.05, 0) is 12.1 Å². The first-order valence-electron chi connectivity index (χ1n) is 7.40. The van der Waals surface area contributed by atoms with E-state index in [0.29, 0.717) is 12.1 Å². The van der Waals surface area contributed by atoms with E-state index in [1.54, 1.807) is 0 Å². The van der Waals surface area contributed by atoms with Gasteiger partial charge in [-0.1, -0.05) is 6.07 Å². The highest BCUT2D eigenvalue weighted by Gasteiger charge is 2.33. The number of nitrogens with two attached hydrogens (primary N) is 2. The monoisotopic (exact) mass is 396 g/mol. The van der Waals surface area contributed by atoms with Crippen LogP contribution in [0.25, 0.3) is 10.8 Å². The quantitative estimate of drug-likeness (QED) is 0.420. The Bertz CT molecular complexity index is 894. The molecular weight excluding hydrogens is 382 g/mol. The summed E-state index contributed by atoms with van der Waals surface area (Å²) in [4.78, 5) is 15.0. The Balaban J connectivity index is 2.60. The molecule has 0 aliphatic carbocycles. The van der Waals surface area contributed by atoms with Crippen LogP contribution in [0.1, 0.15) is 17.7 Å². The Morgan fingerprint density at radius 1 is 1.11 bits per heavy atom. The van der Waals surface area contributed by atoms with E-state index in [0.717, 1.165) is 10.6 Å². The number of rotatable bonds is 4. The molecule has 0 fully saturated rings. The van der Waals surface area contributed by atoms with Gasteiger partial charge in [0.2, 0.25) is 0 Å². The van der Waals surface area contributed by atoms with Crippen LogP contribution in [0.5, 0.6) is 5.88 Å². The number of amides is 1. The van der Waals surface area contributed by atoms with Crippen LogP contribution in [-0.2, 0) is 23.9 Å². The van der Waals surface area contributed by atoms with Gasteiger partial charge in [0.05, 0.1) is 18.4 Å². The summed E-state index contributed by atoms with van der Waals surface area (Å²) in [6.45, 7) is -0.796. The molecule has 1 aromatic carbocycles. The van der Waals surface area contributed by atoms with E-state index >= 15 is 0 Å². The van der Waals surface area contributed by atoms with E-state index in [4.69, 9.17) is 11.5 Å². The SMILES string of the molecule is NC(N)=NC(=O)Cc1c2ccc(C(F)(F)F)cc2c(O)n1CCC(F)(F)F. The van der Waals surface area contributed by atoms with Crippen LogP contribution >= 0.6 is 0 Å². The number of alkyl halides is 6. The van der Waals surface area contributed by atoms with Gasteiger partial charge in [-0.15, -0.1) is 0 Å². The number of hydrogen-bond acceptors (Lipinski definition) is 2. The summed E-state index contributed by atoms with van der Waals surface area (Å²) in [5, 5.41) is 9.84. The van der Waals surface area contributed by atoms with Crippen molar-refractivity contribution >= 4 is 22.6 Å². The normalized spacial score (nSPS) is 12.4. The van der Waals surface area contributed by atoms with Crippen LogP contribution in [-0.4, -0.2) is 27.7 Å². The number of benzene rings is 1. The number of carbonyl (C=O) groups excluding carboxylic acids is 1. The van der Waals surface area contributed by atoms with E-state index in [1.807, 2.05) is 0 Å². The zero-order valence-corrected chi connectivity index (χ0v) is 13.5. The molecule has 0 atom stereocenters. The van der Waals surface area contributed by atoms with Crippen molar-refractivity contribution in [3.05, 3.63) is 29.5 Å². The van der Waals surface area contributed by atoms with E-state index in [1.165, 1.54) is 0 Å². The van der Waals surface area contributed by atoms with Crippen molar-refractivity contribution < 1.29 is 36.2 Å². The smallest absolute Gasteiger partial charge is 0.416 e. The van der Waals surface area contributed by atoms with Gasteiger partial charge < -0.3 is 21.1 Å². The second-order valence-electron chi connectivity index (χ2n) is 5.65. The minimum atomic E-state index is -4.72. The summed E-state index contributed by atoms with van der Waals surface area (Å²) < 4.78 is 77.0. The Labute approximate surface area is 148 Å². The molecule has 0 bridgehead atoms. The fourth-order valence-corrected chi connectivity index (χ4v) is 2.57. The van der Waals surface area contributed by atoms with Crippen molar-refractivity contribution in [2.75, 3.05) is 0 Å². The van der Waals surface area contributed by atoms with Gasteiger partial charge in [0.1, 0.15) is 0 Å². The number of aromatic hydroxyl groups is 1. The molecule has 0 saturated carbocycles.